The molecule has 0 fully saturated rings. The van der Waals surface area contributed by atoms with Crippen LogP contribution >= 0.6 is 11.3 Å². The van der Waals surface area contributed by atoms with Crippen molar-refractivity contribution in [3.05, 3.63) is 29.2 Å². The molecule has 0 aliphatic carbocycles. The molecule has 20 heavy (non-hydrogen) atoms. The molecule has 0 spiro atoms. The molecule has 0 aromatic carbocycles. The van der Waals surface area contributed by atoms with Crippen molar-refractivity contribution in [3.63, 3.8) is 0 Å². The first-order valence-electron chi connectivity index (χ1n) is 6.51. The molecular weight excluding hydrogens is 272 g/mol. The first-order valence-corrected chi connectivity index (χ1v) is 7.32. The van der Waals surface area contributed by atoms with Crippen LogP contribution in [0, 0.1) is 5.92 Å². The maximum absolute atomic E-state index is 12.1. The number of ketones is 1. The van der Waals surface area contributed by atoms with Crippen LogP contribution < -0.4 is 10.6 Å². The number of carbonyl (C=O) groups is 1. The molecule has 2 aromatic heterocycles. The lowest BCUT2D eigenvalue weighted by atomic mass is 10.1. The number of hydrogen-bond acceptors (Lipinski definition) is 5. The number of carbonyl (C=O) groups excluding carboxylic acids is 1. The molecule has 0 unspecified atom stereocenters. The van der Waals surface area contributed by atoms with Crippen molar-refractivity contribution in [2.45, 2.75) is 20.4 Å². The molecule has 0 saturated carbocycles. The molecule has 0 saturated heterocycles. The Balaban J connectivity index is 2.19. The van der Waals surface area contributed by atoms with Gasteiger partial charge in [-0.2, -0.15) is 0 Å². The summed E-state index contributed by atoms with van der Waals surface area (Å²) in [5, 5.41) is 0.981. The Kier molecular flexibility index (Phi) is 4.13. The normalized spacial score (nSPS) is 11.1. The number of nitrogens with zero attached hydrogens (tertiary/aromatic N) is 3. The fourth-order valence-electron chi connectivity index (χ4n) is 1.87. The number of aromatic nitrogens is 2. The third-order valence-corrected chi connectivity index (χ3v) is 4.45. The van der Waals surface area contributed by atoms with Gasteiger partial charge in [0.15, 0.2) is 5.78 Å². The summed E-state index contributed by atoms with van der Waals surface area (Å²) in [6.07, 6.45) is 3.69. The average Bonchev–Trinajstić information content (AvgIpc) is 2.95. The van der Waals surface area contributed by atoms with Crippen LogP contribution in [0.1, 0.15) is 29.3 Å². The van der Waals surface area contributed by atoms with Gasteiger partial charge < -0.3 is 15.2 Å². The maximum atomic E-state index is 12.1. The van der Waals surface area contributed by atoms with Crippen LogP contribution in [0.5, 0.6) is 0 Å². The van der Waals surface area contributed by atoms with Crippen molar-refractivity contribution in [2.75, 3.05) is 17.7 Å². The molecule has 0 bridgehead atoms. The minimum atomic E-state index is -0.0383. The molecule has 0 aliphatic rings. The Bertz CT molecular complexity index is 614. The smallest absolute Gasteiger partial charge is 0.177 e. The molecule has 2 rings (SSSR count). The van der Waals surface area contributed by atoms with Gasteiger partial charge in [0, 0.05) is 32.4 Å². The number of thiophene rings is 1. The van der Waals surface area contributed by atoms with Gasteiger partial charge >= 0.3 is 0 Å². The van der Waals surface area contributed by atoms with Gasteiger partial charge in [-0.25, -0.2) is 4.98 Å². The van der Waals surface area contributed by atoms with Crippen LogP contribution in [0.4, 0.5) is 10.7 Å². The van der Waals surface area contributed by atoms with Crippen molar-refractivity contribution >= 4 is 27.8 Å². The van der Waals surface area contributed by atoms with Crippen molar-refractivity contribution in [1.82, 2.24) is 9.55 Å². The molecule has 0 aliphatic heterocycles. The minimum Gasteiger partial charge on any atom is -0.397 e. The van der Waals surface area contributed by atoms with E-state index in [1.165, 1.54) is 11.3 Å². The van der Waals surface area contributed by atoms with Gasteiger partial charge in [-0.1, -0.05) is 13.8 Å². The zero-order valence-electron chi connectivity index (χ0n) is 12.3. The van der Waals surface area contributed by atoms with Gasteiger partial charge in [0.25, 0.3) is 0 Å². The number of rotatable bonds is 5. The Hall–Kier alpha value is -1.82. The monoisotopic (exact) mass is 292 g/mol. The lowest BCUT2D eigenvalue weighted by molar-refractivity contribution is 0.0944. The van der Waals surface area contributed by atoms with Gasteiger partial charge in [-0.15, -0.1) is 11.3 Å². The second kappa shape index (κ2) is 5.66. The van der Waals surface area contributed by atoms with E-state index in [4.69, 9.17) is 5.73 Å². The van der Waals surface area contributed by atoms with E-state index in [1.54, 1.807) is 6.20 Å². The Morgan fingerprint density at radius 2 is 2.25 bits per heavy atom. The van der Waals surface area contributed by atoms with E-state index in [0.29, 0.717) is 17.1 Å². The van der Waals surface area contributed by atoms with Crippen molar-refractivity contribution in [2.24, 2.45) is 13.0 Å². The zero-order valence-corrected chi connectivity index (χ0v) is 13.1. The summed E-state index contributed by atoms with van der Waals surface area (Å²) in [6.45, 7) is 4.45. The van der Waals surface area contributed by atoms with Gasteiger partial charge in [-0.3, -0.25) is 4.79 Å². The van der Waals surface area contributed by atoms with Gasteiger partial charge in [-0.05, 0) is 6.07 Å². The van der Waals surface area contributed by atoms with E-state index in [0.717, 1.165) is 10.8 Å². The summed E-state index contributed by atoms with van der Waals surface area (Å²) in [5.41, 5.74) is 6.53. The van der Waals surface area contributed by atoms with Crippen molar-refractivity contribution in [1.29, 1.82) is 0 Å². The summed E-state index contributed by atoms with van der Waals surface area (Å²) >= 11 is 1.45. The Morgan fingerprint density at radius 3 is 2.80 bits per heavy atom. The zero-order chi connectivity index (χ0) is 14.9. The summed E-state index contributed by atoms with van der Waals surface area (Å²) in [7, 11) is 3.94. The van der Waals surface area contributed by atoms with Gasteiger partial charge in [0.05, 0.1) is 22.1 Å². The quantitative estimate of drug-likeness (QED) is 0.860. The first-order chi connectivity index (χ1) is 9.40. The number of anilines is 2. The minimum absolute atomic E-state index is 0.0383. The number of Topliss-reactive ketones (excluding diaryl/α,β-unsaturated/α-hetero) is 1. The standard InChI is InChI=1S/C14H20N4OS/c1-9(2)13(19)14-10(15)7-12(20-14)18(4)8-11-16-5-6-17(11)3/h5-7,9H,8,15H2,1-4H3. The highest BCUT2D eigenvalue weighted by Crippen LogP contribution is 2.33. The van der Waals surface area contributed by atoms with Crippen LogP contribution in [-0.2, 0) is 13.6 Å². The molecule has 2 aromatic rings. The van der Waals surface area contributed by atoms with E-state index < -0.39 is 0 Å². The summed E-state index contributed by atoms with van der Waals surface area (Å²) in [4.78, 5) is 19.1. The predicted octanol–water partition coefficient (Wildman–Crippen LogP) is 2.54. The molecule has 0 radical (unpaired) electrons. The lowest BCUT2D eigenvalue weighted by Crippen LogP contribution is -2.17. The topological polar surface area (TPSA) is 64.2 Å². The number of nitrogen functional groups attached to an aromatic ring is 1. The van der Waals surface area contributed by atoms with Crippen molar-refractivity contribution < 1.29 is 4.79 Å². The van der Waals surface area contributed by atoms with Crippen LogP contribution in [-0.4, -0.2) is 22.4 Å². The second-order valence-electron chi connectivity index (χ2n) is 5.20. The number of imidazole rings is 1. The fourth-order valence-corrected chi connectivity index (χ4v) is 3.00. The second-order valence-corrected chi connectivity index (χ2v) is 6.23. The van der Waals surface area contributed by atoms with Gasteiger partial charge in [0.1, 0.15) is 5.82 Å². The lowest BCUT2D eigenvalue weighted by Gasteiger charge is -2.16. The highest BCUT2D eigenvalue weighted by molar-refractivity contribution is 7.18. The van der Waals surface area contributed by atoms with E-state index in [1.807, 2.05) is 44.8 Å². The molecule has 2 heterocycles. The Labute approximate surface area is 123 Å². The summed E-state index contributed by atoms with van der Waals surface area (Å²) in [5.74, 6) is 1.03. The third-order valence-electron chi connectivity index (χ3n) is 3.17. The summed E-state index contributed by atoms with van der Waals surface area (Å²) < 4.78 is 1.98. The van der Waals surface area contributed by atoms with E-state index >= 15 is 0 Å². The molecule has 0 atom stereocenters. The van der Waals surface area contributed by atoms with E-state index in [2.05, 4.69) is 9.88 Å². The van der Waals surface area contributed by atoms with Crippen LogP contribution in [0.2, 0.25) is 0 Å². The average molecular weight is 292 g/mol. The Morgan fingerprint density at radius 1 is 1.55 bits per heavy atom. The van der Waals surface area contributed by atoms with E-state index in [9.17, 15) is 4.79 Å². The molecule has 6 heteroatoms. The third kappa shape index (κ3) is 2.85. The molecular formula is C14H20N4OS. The molecule has 2 N–H and O–H groups in total. The summed E-state index contributed by atoms with van der Waals surface area (Å²) in [6, 6.07) is 1.86. The van der Waals surface area contributed by atoms with Crippen LogP contribution in [0.15, 0.2) is 18.5 Å². The molecule has 5 nitrogen and oxygen atoms in total. The maximum Gasteiger partial charge on any atom is 0.177 e. The van der Waals surface area contributed by atoms with Crippen LogP contribution in [0.3, 0.4) is 0 Å². The molecule has 0 amide bonds. The predicted molar refractivity (Wildman–Crippen MR) is 83.2 cm³/mol. The highest BCUT2D eigenvalue weighted by atomic mass is 32.1. The van der Waals surface area contributed by atoms with E-state index in [-0.39, 0.29) is 11.7 Å². The van der Waals surface area contributed by atoms with Gasteiger partial charge in [0.2, 0.25) is 0 Å². The van der Waals surface area contributed by atoms with Crippen molar-refractivity contribution in [3.8, 4) is 0 Å². The fraction of sp³-hybridized carbons (Fsp3) is 0.429. The highest BCUT2D eigenvalue weighted by Gasteiger charge is 2.19. The number of nitrogens with two attached hydrogens (primary N) is 1. The molecule has 108 valence electrons. The largest absolute Gasteiger partial charge is 0.397 e. The first kappa shape index (κ1) is 14.6. The SMILES string of the molecule is CC(C)C(=O)c1sc(N(C)Cc2nccn2C)cc1N. The van der Waals surface area contributed by atoms with Crippen LogP contribution in [0.25, 0.3) is 0 Å². The number of aryl methyl sites for hydroxylation is 1. The number of hydrogen-bond donors (Lipinski definition) is 1.